The Morgan fingerprint density at radius 3 is 2.70 bits per heavy atom. The molecule has 0 radical (unpaired) electrons. The number of unbranched alkanes of at least 4 members (excludes halogenated alkanes) is 2. The van der Waals surface area contributed by atoms with Gasteiger partial charge in [0.05, 0.1) is 0 Å². The van der Waals surface area contributed by atoms with Gasteiger partial charge in [0.1, 0.15) is 0 Å². The number of aromatic nitrogens is 2. The molecule has 1 atom stereocenters. The first-order valence-corrected chi connectivity index (χ1v) is 6.80. The molecule has 0 saturated heterocycles. The van der Waals surface area contributed by atoms with Crippen LogP contribution in [0.4, 0.5) is 0 Å². The number of nitrogens with zero attached hydrogens (tertiary/aromatic N) is 1. The number of nitrogens with one attached hydrogen (secondary N) is 1. The molecule has 0 fully saturated rings. The van der Waals surface area contributed by atoms with Crippen molar-refractivity contribution in [2.75, 3.05) is 0 Å². The highest BCUT2D eigenvalue weighted by Crippen LogP contribution is 2.32. The Kier molecular flexibility index (Phi) is 4.22. The molecule has 1 aromatic rings. The lowest BCUT2D eigenvalue weighted by Crippen LogP contribution is -2.19. The van der Waals surface area contributed by atoms with E-state index >= 15 is 0 Å². The van der Waals surface area contributed by atoms with E-state index in [2.05, 4.69) is 17.1 Å². The Balaban J connectivity index is 2.29. The van der Waals surface area contributed by atoms with Crippen molar-refractivity contribution in [3.63, 3.8) is 0 Å². The van der Waals surface area contributed by atoms with Crippen molar-refractivity contribution in [2.45, 2.75) is 39.0 Å². The molecule has 6 nitrogen and oxygen atoms in total. The van der Waals surface area contributed by atoms with Gasteiger partial charge in [-0.1, -0.05) is 26.2 Å². The summed E-state index contributed by atoms with van der Waals surface area (Å²) < 4.78 is 0. The molecule has 3 N–H and O–H groups in total. The van der Waals surface area contributed by atoms with Crippen LogP contribution in [-0.4, -0.2) is 32.3 Å². The van der Waals surface area contributed by atoms with Crippen LogP contribution in [0, 0.1) is 5.92 Å². The molecule has 108 valence electrons. The van der Waals surface area contributed by atoms with Gasteiger partial charge < -0.3 is 10.2 Å². The van der Waals surface area contributed by atoms with Crippen LogP contribution in [0.5, 0.6) is 0 Å². The lowest BCUT2D eigenvalue weighted by Gasteiger charge is -2.21. The number of carboxylic acids is 2. The van der Waals surface area contributed by atoms with E-state index in [-0.39, 0.29) is 17.2 Å². The van der Waals surface area contributed by atoms with E-state index in [0.29, 0.717) is 17.7 Å². The van der Waals surface area contributed by atoms with Gasteiger partial charge in [0.2, 0.25) is 0 Å². The molecule has 1 aliphatic carbocycles. The lowest BCUT2D eigenvalue weighted by atomic mass is 9.82. The highest BCUT2D eigenvalue weighted by Gasteiger charge is 2.30. The first kappa shape index (κ1) is 14.3. The molecule has 0 amide bonds. The van der Waals surface area contributed by atoms with Crippen LogP contribution in [-0.2, 0) is 11.2 Å². The number of carbonyl (C=O) groups is 2. The predicted molar refractivity (Wildman–Crippen MR) is 72.5 cm³/mol. The average Bonchev–Trinajstić information content (AvgIpc) is 2.80. The fourth-order valence-corrected chi connectivity index (χ4v) is 2.63. The van der Waals surface area contributed by atoms with Crippen LogP contribution in [0.2, 0.25) is 0 Å². The third-order valence-corrected chi connectivity index (χ3v) is 3.68. The van der Waals surface area contributed by atoms with Crippen LogP contribution < -0.4 is 0 Å². The normalized spacial score (nSPS) is 17.4. The Bertz CT molecular complexity index is 560. The maximum Gasteiger partial charge on any atom is 0.357 e. The Morgan fingerprint density at radius 2 is 2.10 bits per heavy atom. The van der Waals surface area contributed by atoms with Crippen molar-refractivity contribution in [3.8, 4) is 0 Å². The fourth-order valence-electron chi connectivity index (χ4n) is 2.63. The molecule has 1 aliphatic rings. The number of aromatic carboxylic acids is 1. The van der Waals surface area contributed by atoms with E-state index in [4.69, 9.17) is 5.11 Å². The zero-order valence-electron chi connectivity index (χ0n) is 11.3. The largest absolute Gasteiger partial charge is 0.478 e. The first-order chi connectivity index (χ1) is 9.54. The second kappa shape index (κ2) is 5.90. The average molecular weight is 278 g/mol. The standard InChI is InChI=1S/C14H18N2O4/c1-2-3-4-5-8-6-11-10(7-9(8)13(17)18)12(14(19)20)16-15-11/h7-8H,2-6H2,1H3,(H,15,16)(H,17,18)(H,19,20). The number of hydrogen-bond acceptors (Lipinski definition) is 3. The van der Waals surface area contributed by atoms with Gasteiger partial charge in [0.15, 0.2) is 5.69 Å². The Morgan fingerprint density at radius 1 is 1.35 bits per heavy atom. The highest BCUT2D eigenvalue weighted by molar-refractivity contribution is 5.97. The molecule has 2 rings (SSSR count). The summed E-state index contributed by atoms with van der Waals surface area (Å²) in [5, 5.41) is 24.8. The quantitative estimate of drug-likeness (QED) is 0.693. The van der Waals surface area contributed by atoms with Crippen LogP contribution >= 0.6 is 0 Å². The fraction of sp³-hybridized carbons (Fsp3) is 0.500. The van der Waals surface area contributed by atoms with Crippen LogP contribution in [0.1, 0.15) is 54.4 Å². The number of H-pyrrole nitrogens is 1. The van der Waals surface area contributed by atoms with Gasteiger partial charge in [-0.15, -0.1) is 0 Å². The molecular formula is C14H18N2O4. The maximum absolute atomic E-state index is 11.4. The van der Waals surface area contributed by atoms with Crippen molar-refractivity contribution in [1.82, 2.24) is 10.2 Å². The van der Waals surface area contributed by atoms with Crippen molar-refractivity contribution >= 4 is 18.0 Å². The zero-order valence-corrected chi connectivity index (χ0v) is 11.3. The molecule has 0 saturated carbocycles. The molecule has 1 unspecified atom stereocenters. The summed E-state index contributed by atoms with van der Waals surface area (Å²) in [7, 11) is 0. The Hall–Kier alpha value is -2.11. The van der Waals surface area contributed by atoms with Gasteiger partial charge in [-0.3, -0.25) is 5.10 Å². The van der Waals surface area contributed by atoms with Crippen molar-refractivity contribution in [1.29, 1.82) is 0 Å². The molecule has 0 bridgehead atoms. The maximum atomic E-state index is 11.4. The van der Waals surface area contributed by atoms with Crippen molar-refractivity contribution in [3.05, 3.63) is 22.5 Å². The van der Waals surface area contributed by atoms with E-state index < -0.39 is 11.9 Å². The van der Waals surface area contributed by atoms with Gasteiger partial charge >= 0.3 is 11.9 Å². The van der Waals surface area contributed by atoms with E-state index in [1.807, 2.05) is 0 Å². The molecule has 1 heterocycles. The van der Waals surface area contributed by atoms with Gasteiger partial charge in [0, 0.05) is 16.8 Å². The minimum absolute atomic E-state index is 0.0753. The lowest BCUT2D eigenvalue weighted by molar-refractivity contribution is -0.133. The number of aliphatic carboxylic acids is 1. The van der Waals surface area contributed by atoms with Crippen molar-refractivity contribution < 1.29 is 19.8 Å². The van der Waals surface area contributed by atoms with Gasteiger partial charge in [-0.05, 0) is 24.8 Å². The number of hydrogen-bond donors (Lipinski definition) is 3. The topological polar surface area (TPSA) is 103 Å². The summed E-state index contributed by atoms with van der Waals surface area (Å²) in [6.07, 6.45) is 5.90. The van der Waals surface area contributed by atoms with E-state index in [0.717, 1.165) is 25.7 Å². The molecular weight excluding hydrogens is 260 g/mol. The summed E-state index contributed by atoms with van der Waals surface area (Å²) in [6, 6.07) is 0. The zero-order chi connectivity index (χ0) is 14.7. The van der Waals surface area contributed by atoms with E-state index in [1.165, 1.54) is 6.08 Å². The summed E-state index contributed by atoms with van der Waals surface area (Å²) in [5.41, 5.74) is 1.30. The monoisotopic (exact) mass is 278 g/mol. The number of rotatable bonds is 6. The summed E-state index contributed by atoms with van der Waals surface area (Å²) in [6.45, 7) is 2.10. The molecule has 0 aliphatic heterocycles. The van der Waals surface area contributed by atoms with Crippen LogP contribution in [0.15, 0.2) is 5.57 Å². The van der Waals surface area contributed by atoms with Crippen LogP contribution in [0.3, 0.4) is 0 Å². The molecule has 0 aromatic carbocycles. The third kappa shape index (κ3) is 2.74. The third-order valence-electron chi connectivity index (χ3n) is 3.68. The predicted octanol–water partition coefficient (Wildman–Crippen LogP) is 2.33. The Labute approximate surface area is 116 Å². The SMILES string of the molecule is CCCCCC1Cc2[nH]nc(C(=O)O)c2C=C1C(=O)O. The van der Waals surface area contributed by atoms with Gasteiger partial charge in [-0.2, -0.15) is 5.10 Å². The molecule has 20 heavy (non-hydrogen) atoms. The first-order valence-electron chi connectivity index (χ1n) is 6.80. The molecule has 1 aromatic heterocycles. The van der Waals surface area contributed by atoms with Gasteiger partial charge in [0.25, 0.3) is 0 Å². The van der Waals surface area contributed by atoms with Crippen molar-refractivity contribution in [2.24, 2.45) is 5.92 Å². The summed E-state index contributed by atoms with van der Waals surface area (Å²) in [4.78, 5) is 22.4. The van der Waals surface area contributed by atoms with E-state index in [9.17, 15) is 14.7 Å². The van der Waals surface area contributed by atoms with Crippen LogP contribution in [0.25, 0.3) is 6.08 Å². The number of fused-ring (bicyclic) bond motifs is 1. The minimum Gasteiger partial charge on any atom is -0.478 e. The minimum atomic E-state index is -1.15. The second-order valence-corrected chi connectivity index (χ2v) is 5.07. The van der Waals surface area contributed by atoms with Gasteiger partial charge in [-0.25, -0.2) is 9.59 Å². The smallest absolute Gasteiger partial charge is 0.357 e. The molecule has 0 spiro atoms. The number of aromatic amines is 1. The summed E-state index contributed by atoms with van der Waals surface area (Å²) >= 11 is 0. The number of carboxylic acid groups (broad SMARTS) is 2. The van der Waals surface area contributed by atoms with E-state index in [1.54, 1.807) is 0 Å². The summed E-state index contributed by atoms with van der Waals surface area (Å²) in [5.74, 6) is -2.20. The highest BCUT2D eigenvalue weighted by atomic mass is 16.4. The molecule has 6 heteroatoms. The second-order valence-electron chi connectivity index (χ2n) is 5.07.